The van der Waals surface area contributed by atoms with Gasteiger partial charge >= 0.3 is 0 Å². The maximum Gasteiger partial charge on any atom is 0.0407 e. The summed E-state index contributed by atoms with van der Waals surface area (Å²) in [5.74, 6) is -0.0729. The highest BCUT2D eigenvalue weighted by Gasteiger charge is 2.45. The molecule has 4 nitrogen and oxygen atoms in total. The molecule has 170 valence electrons. The van der Waals surface area contributed by atoms with Gasteiger partial charge in [0.15, 0.2) is 0 Å². The van der Waals surface area contributed by atoms with Gasteiger partial charge in [-0.15, -0.1) is 13.2 Å². The molecule has 1 unspecified atom stereocenters. The van der Waals surface area contributed by atoms with Gasteiger partial charge in [0, 0.05) is 65.0 Å². The zero-order valence-corrected chi connectivity index (χ0v) is 20.2. The molecular weight excluding hydrogens is 392 g/mol. The molecule has 2 aromatic carbocycles. The van der Waals surface area contributed by atoms with Crippen molar-refractivity contribution in [2.24, 2.45) is 16.7 Å². The molecule has 32 heavy (non-hydrogen) atoms. The first-order valence-electron chi connectivity index (χ1n) is 10.7. The van der Waals surface area contributed by atoms with E-state index in [4.69, 9.17) is 11.5 Å². The molecule has 0 spiro atoms. The first-order valence-corrected chi connectivity index (χ1v) is 10.7. The highest BCUT2D eigenvalue weighted by molar-refractivity contribution is 5.59. The molecule has 0 fully saturated rings. The Morgan fingerprint density at radius 1 is 0.781 bits per heavy atom. The molecule has 4 heteroatoms. The van der Waals surface area contributed by atoms with Gasteiger partial charge in [-0.2, -0.15) is 0 Å². The largest absolute Gasteiger partial charge is 0.399 e. The summed E-state index contributed by atoms with van der Waals surface area (Å²) in [6.45, 7) is 23.8. The van der Waals surface area contributed by atoms with Gasteiger partial charge in [-0.05, 0) is 48.5 Å². The monoisotopic (exact) mass is 430 g/mol. The van der Waals surface area contributed by atoms with Crippen LogP contribution in [-0.2, 0) is 0 Å². The molecule has 1 atom stereocenters. The third kappa shape index (κ3) is 4.75. The fourth-order valence-electron chi connectivity index (χ4n) is 4.38. The van der Waals surface area contributed by atoms with Crippen molar-refractivity contribution in [2.75, 3.05) is 35.4 Å². The minimum Gasteiger partial charge on any atom is -0.399 e. The maximum absolute atomic E-state index is 5.89. The Hall–Kier alpha value is -3.40. The van der Waals surface area contributed by atoms with E-state index < -0.39 is 10.8 Å². The fraction of sp³-hybridized carbons (Fsp3) is 0.286. The van der Waals surface area contributed by atoms with Crippen molar-refractivity contribution in [3.05, 3.63) is 98.4 Å². The van der Waals surface area contributed by atoms with Crippen LogP contribution in [0.25, 0.3) is 0 Å². The van der Waals surface area contributed by atoms with Crippen molar-refractivity contribution in [3.63, 3.8) is 0 Å². The zero-order chi connectivity index (χ0) is 24.3. The van der Waals surface area contributed by atoms with Crippen LogP contribution in [0.4, 0.5) is 22.7 Å². The minimum atomic E-state index is -0.423. The van der Waals surface area contributed by atoms with Crippen LogP contribution in [0.1, 0.15) is 20.8 Å². The smallest absolute Gasteiger partial charge is 0.0407 e. The number of hydrogen-bond acceptors (Lipinski definition) is 4. The normalized spacial score (nSPS) is 12.5. The summed E-state index contributed by atoms with van der Waals surface area (Å²) >= 11 is 0. The van der Waals surface area contributed by atoms with Crippen molar-refractivity contribution in [2.45, 2.75) is 20.8 Å². The third-order valence-electron chi connectivity index (χ3n) is 6.70. The molecule has 0 radical (unpaired) electrons. The van der Waals surface area contributed by atoms with E-state index >= 15 is 0 Å². The number of benzene rings is 2. The van der Waals surface area contributed by atoms with Gasteiger partial charge < -0.3 is 21.3 Å². The van der Waals surface area contributed by atoms with Gasteiger partial charge in [0.2, 0.25) is 0 Å². The Morgan fingerprint density at radius 3 is 1.53 bits per heavy atom. The number of nitrogen functional groups attached to an aromatic ring is 2. The van der Waals surface area contributed by atoms with Crippen LogP contribution in [0, 0.1) is 16.7 Å². The second-order valence-corrected chi connectivity index (χ2v) is 9.17. The number of anilines is 4. The zero-order valence-electron chi connectivity index (χ0n) is 20.2. The quantitative estimate of drug-likeness (QED) is 0.335. The molecule has 4 N–H and O–H groups in total. The van der Waals surface area contributed by atoms with E-state index in [0.29, 0.717) is 0 Å². The number of allylic oxidation sites excluding steroid dienone is 4. The van der Waals surface area contributed by atoms with E-state index in [1.54, 1.807) is 0 Å². The Morgan fingerprint density at radius 2 is 1.16 bits per heavy atom. The number of nitrogens with two attached hydrogens (primary N) is 2. The lowest BCUT2D eigenvalue weighted by molar-refractivity contribution is 0.197. The number of nitrogens with zero attached hydrogens (tertiary/aromatic N) is 2. The molecule has 0 saturated carbocycles. The summed E-state index contributed by atoms with van der Waals surface area (Å²) in [7, 11) is 4.05. The Kier molecular flexibility index (Phi) is 7.30. The van der Waals surface area contributed by atoms with Crippen molar-refractivity contribution in [3.8, 4) is 0 Å². The summed E-state index contributed by atoms with van der Waals surface area (Å²) in [4.78, 5) is 4.21. The van der Waals surface area contributed by atoms with Crippen LogP contribution in [-0.4, -0.2) is 14.1 Å². The van der Waals surface area contributed by atoms with Gasteiger partial charge in [0.05, 0.1) is 0 Å². The van der Waals surface area contributed by atoms with Crippen molar-refractivity contribution in [1.82, 2.24) is 0 Å². The van der Waals surface area contributed by atoms with Crippen molar-refractivity contribution < 1.29 is 0 Å². The molecular formula is C28H38N4. The van der Waals surface area contributed by atoms with Crippen LogP contribution in [0.3, 0.4) is 0 Å². The second-order valence-electron chi connectivity index (χ2n) is 9.17. The molecule has 2 rings (SSSR count). The first-order chi connectivity index (χ1) is 14.9. The van der Waals surface area contributed by atoms with Gasteiger partial charge in [-0.1, -0.05) is 46.1 Å². The van der Waals surface area contributed by atoms with Crippen molar-refractivity contribution >= 4 is 22.7 Å². The summed E-state index contributed by atoms with van der Waals surface area (Å²) in [5.41, 5.74) is 16.3. The fourth-order valence-corrected chi connectivity index (χ4v) is 4.38. The molecule has 0 aliphatic carbocycles. The summed E-state index contributed by atoms with van der Waals surface area (Å²) in [6.07, 6.45) is 3.90. The van der Waals surface area contributed by atoms with Gasteiger partial charge in [-0.3, -0.25) is 0 Å². The predicted octanol–water partition coefficient (Wildman–Crippen LogP) is 6.47. The highest BCUT2D eigenvalue weighted by Crippen LogP contribution is 2.51. The SMILES string of the molecule is C=CC(C)(C=C)C(C(=C)N(C)c1ccc(N)cc1)C(C)(C)C(=C)N(C)c1ccc(N)cc1. The number of rotatable bonds is 10. The summed E-state index contributed by atoms with van der Waals surface area (Å²) in [5, 5.41) is 0. The van der Waals surface area contributed by atoms with E-state index in [2.05, 4.69) is 56.9 Å². The summed E-state index contributed by atoms with van der Waals surface area (Å²) < 4.78 is 0. The first kappa shape index (κ1) is 24.9. The van der Waals surface area contributed by atoms with E-state index in [-0.39, 0.29) is 5.92 Å². The van der Waals surface area contributed by atoms with Crippen LogP contribution in [0.2, 0.25) is 0 Å². The third-order valence-corrected chi connectivity index (χ3v) is 6.70. The standard InChI is InChI=1S/C28H38N4/c1-10-28(7,11-2)26(20(3)31(8)24-16-12-22(29)13-17-24)27(5,6)21(4)32(9)25-18-14-23(30)15-19-25/h10-19,26H,1-4,29-30H2,5-9H3. The van der Waals surface area contributed by atoms with Crippen LogP contribution in [0.15, 0.2) is 98.4 Å². The highest BCUT2D eigenvalue weighted by atomic mass is 15.1. The van der Waals surface area contributed by atoms with E-state index in [0.717, 1.165) is 34.1 Å². The summed E-state index contributed by atoms with van der Waals surface area (Å²) in [6, 6.07) is 15.6. The van der Waals surface area contributed by atoms with E-state index in [1.807, 2.05) is 74.8 Å². The number of hydrogen-bond donors (Lipinski definition) is 2. The predicted molar refractivity (Wildman–Crippen MR) is 143 cm³/mol. The Balaban J connectivity index is 2.52. The van der Waals surface area contributed by atoms with E-state index in [1.165, 1.54) is 0 Å². The molecule has 0 bridgehead atoms. The average molecular weight is 431 g/mol. The molecule has 0 aromatic heterocycles. The molecule has 0 saturated heterocycles. The van der Waals surface area contributed by atoms with Gasteiger partial charge in [0.25, 0.3) is 0 Å². The van der Waals surface area contributed by atoms with Crippen LogP contribution >= 0.6 is 0 Å². The topological polar surface area (TPSA) is 58.5 Å². The van der Waals surface area contributed by atoms with Crippen molar-refractivity contribution in [1.29, 1.82) is 0 Å². The molecule has 0 aliphatic heterocycles. The van der Waals surface area contributed by atoms with Crippen LogP contribution in [0.5, 0.6) is 0 Å². The lowest BCUT2D eigenvalue weighted by atomic mass is 9.61. The minimum absolute atomic E-state index is 0.0729. The molecule has 0 aliphatic rings. The second kappa shape index (κ2) is 9.39. The van der Waals surface area contributed by atoms with E-state index in [9.17, 15) is 0 Å². The molecule has 0 amide bonds. The van der Waals surface area contributed by atoms with Crippen LogP contribution < -0.4 is 21.3 Å². The lowest BCUT2D eigenvalue weighted by Gasteiger charge is -2.49. The maximum atomic E-state index is 5.89. The Bertz CT molecular complexity index is 975. The van der Waals surface area contributed by atoms with Gasteiger partial charge in [-0.25, -0.2) is 0 Å². The average Bonchev–Trinajstić information content (AvgIpc) is 2.78. The lowest BCUT2D eigenvalue weighted by Crippen LogP contribution is -2.45. The Labute approximate surface area is 194 Å². The molecule has 0 heterocycles. The molecule has 2 aromatic rings. The van der Waals surface area contributed by atoms with Gasteiger partial charge in [0.1, 0.15) is 0 Å².